The molecule has 0 atom stereocenters. The highest BCUT2D eigenvalue weighted by Gasteiger charge is 2.19. The van der Waals surface area contributed by atoms with Crippen LogP contribution in [0.25, 0.3) is 10.8 Å². The first-order valence-electron chi connectivity index (χ1n) is 10.9. The Morgan fingerprint density at radius 1 is 0.862 bits per heavy atom. The van der Waals surface area contributed by atoms with Crippen LogP contribution < -0.4 is 10.2 Å². The fourth-order valence-corrected chi connectivity index (χ4v) is 4.70. The van der Waals surface area contributed by atoms with E-state index in [4.69, 9.17) is 0 Å². The van der Waals surface area contributed by atoms with E-state index >= 15 is 0 Å². The van der Waals surface area contributed by atoms with Gasteiger partial charge >= 0.3 is 0 Å². The van der Waals surface area contributed by atoms with Gasteiger partial charge in [0.25, 0.3) is 0 Å². The average Bonchev–Trinajstić information content (AvgIpc) is 2.79. The van der Waals surface area contributed by atoms with E-state index in [0.717, 1.165) is 57.9 Å². The third kappa shape index (κ3) is 3.92. The van der Waals surface area contributed by atoms with E-state index in [1.54, 1.807) is 6.33 Å². The third-order valence-corrected chi connectivity index (χ3v) is 6.33. The van der Waals surface area contributed by atoms with Crippen LogP contribution in [0.1, 0.15) is 24.1 Å². The largest absolute Gasteiger partial charge is 0.368 e. The van der Waals surface area contributed by atoms with E-state index in [9.17, 15) is 0 Å². The molecular weight excluding hydrogens is 358 g/mol. The summed E-state index contributed by atoms with van der Waals surface area (Å²) in [6, 6.07) is 15.3. The van der Waals surface area contributed by atoms with Crippen molar-refractivity contribution in [1.82, 2.24) is 14.9 Å². The van der Waals surface area contributed by atoms with Crippen LogP contribution in [0.15, 0.2) is 48.8 Å². The van der Waals surface area contributed by atoms with E-state index < -0.39 is 0 Å². The number of aryl methyl sites for hydroxylation is 1. The summed E-state index contributed by atoms with van der Waals surface area (Å²) >= 11 is 0. The Kier molecular flexibility index (Phi) is 5.31. The Balaban J connectivity index is 1.16. The van der Waals surface area contributed by atoms with Gasteiger partial charge in [0.05, 0.1) is 0 Å². The molecule has 1 aliphatic heterocycles. The molecule has 1 saturated heterocycles. The van der Waals surface area contributed by atoms with E-state index in [0.29, 0.717) is 0 Å². The predicted molar refractivity (Wildman–Crippen MR) is 120 cm³/mol. The highest BCUT2D eigenvalue weighted by molar-refractivity contribution is 5.94. The lowest BCUT2D eigenvalue weighted by atomic mass is 9.96. The maximum atomic E-state index is 4.51. The molecule has 5 nitrogen and oxygen atoms in total. The van der Waals surface area contributed by atoms with Gasteiger partial charge in [-0.05, 0) is 37.1 Å². The number of hydrogen-bond donors (Lipinski definition) is 1. The SMILES string of the molecule is c1ccc2c(N3CCN(CCNc4ncnc5c4CCCC5)CC3)cccc2c1. The minimum Gasteiger partial charge on any atom is -0.368 e. The normalized spacial score (nSPS) is 17.3. The second kappa shape index (κ2) is 8.37. The fraction of sp³-hybridized carbons (Fsp3) is 0.417. The number of piperazine rings is 1. The number of nitrogens with one attached hydrogen (secondary N) is 1. The van der Waals surface area contributed by atoms with Crippen molar-refractivity contribution in [3.8, 4) is 0 Å². The fourth-order valence-electron chi connectivity index (χ4n) is 4.70. The first kappa shape index (κ1) is 18.4. The Morgan fingerprint density at radius 3 is 2.62 bits per heavy atom. The number of aromatic nitrogens is 2. The van der Waals surface area contributed by atoms with Crippen LogP contribution in [0.3, 0.4) is 0 Å². The summed E-state index contributed by atoms with van der Waals surface area (Å²) in [5, 5.41) is 6.26. The zero-order valence-corrected chi connectivity index (χ0v) is 17.0. The van der Waals surface area contributed by atoms with Crippen LogP contribution in [0, 0.1) is 0 Å². The van der Waals surface area contributed by atoms with Crippen LogP contribution >= 0.6 is 0 Å². The molecule has 5 heteroatoms. The predicted octanol–water partition coefficient (Wildman–Crippen LogP) is 3.74. The summed E-state index contributed by atoms with van der Waals surface area (Å²) in [7, 11) is 0. The molecule has 1 aromatic heterocycles. The molecule has 29 heavy (non-hydrogen) atoms. The molecule has 2 heterocycles. The van der Waals surface area contributed by atoms with Gasteiger partial charge in [0, 0.05) is 61.6 Å². The number of benzene rings is 2. The quantitative estimate of drug-likeness (QED) is 0.722. The van der Waals surface area contributed by atoms with E-state index in [1.165, 1.54) is 40.6 Å². The monoisotopic (exact) mass is 387 g/mol. The molecule has 1 aliphatic carbocycles. The summed E-state index contributed by atoms with van der Waals surface area (Å²) in [6.07, 6.45) is 6.44. The van der Waals surface area contributed by atoms with Crippen molar-refractivity contribution in [2.75, 3.05) is 49.5 Å². The average molecular weight is 388 g/mol. The van der Waals surface area contributed by atoms with Crippen molar-refractivity contribution in [3.05, 3.63) is 60.0 Å². The minimum absolute atomic E-state index is 0.942. The maximum Gasteiger partial charge on any atom is 0.132 e. The molecule has 0 radical (unpaired) electrons. The molecule has 1 fully saturated rings. The van der Waals surface area contributed by atoms with Gasteiger partial charge in [-0.15, -0.1) is 0 Å². The van der Waals surface area contributed by atoms with Gasteiger partial charge in [-0.1, -0.05) is 36.4 Å². The number of anilines is 2. The number of nitrogens with zero attached hydrogens (tertiary/aromatic N) is 4. The minimum atomic E-state index is 0.942. The lowest BCUT2D eigenvalue weighted by molar-refractivity contribution is 0.267. The van der Waals surface area contributed by atoms with Gasteiger partial charge in [0.1, 0.15) is 12.1 Å². The van der Waals surface area contributed by atoms with E-state index in [1.807, 2.05) is 0 Å². The summed E-state index contributed by atoms with van der Waals surface area (Å²) in [5.41, 5.74) is 3.96. The highest BCUT2D eigenvalue weighted by Crippen LogP contribution is 2.27. The van der Waals surface area contributed by atoms with E-state index in [-0.39, 0.29) is 0 Å². The Bertz CT molecular complexity index is 973. The lowest BCUT2D eigenvalue weighted by Gasteiger charge is -2.36. The molecule has 150 valence electrons. The van der Waals surface area contributed by atoms with Gasteiger partial charge in [-0.3, -0.25) is 4.90 Å². The molecule has 1 N–H and O–H groups in total. The zero-order chi connectivity index (χ0) is 19.5. The molecule has 0 spiro atoms. The summed E-state index contributed by atoms with van der Waals surface area (Å²) in [4.78, 5) is 14.1. The Morgan fingerprint density at radius 2 is 1.69 bits per heavy atom. The first-order valence-corrected chi connectivity index (χ1v) is 10.9. The molecule has 0 amide bonds. The van der Waals surface area contributed by atoms with Crippen LogP contribution in [-0.4, -0.2) is 54.1 Å². The van der Waals surface area contributed by atoms with Gasteiger partial charge < -0.3 is 10.2 Å². The topological polar surface area (TPSA) is 44.3 Å². The standard InChI is InChI=1S/C24H29N5/c1-2-8-20-19(6-1)7-5-11-23(20)29-16-14-28(15-17-29)13-12-25-24-21-9-3-4-10-22(21)26-18-27-24/h1-2,5-8,11,18H,3-4,9-10,12-17H2,(H,25,26,27). The summed E-state index contributed by atoms with van der Waals surface area (Å²) in [6.45, 7) is 6.37. The van der Waals surface area contributed by atoms with Gasteiger partial charge in [-0.2, -0.15) is 0 Å². The van der Waals surface area contributed by atoms with Crippen LogP contribution in [0.5, 0.6) is 0 Å². The Labute approximate surface area is 172 Å². The zero-order valence-electron chi connectivity index (χ0n) is 17.0. The van der Waals surface area contributed by atoms with Crippen molar-refractivity contribution < 1.29 is 0 Å². The maximum absolute atomic E-state index is 4.51. The number of fused-ring (bicyclic) bond motifs is 2. The van der Waals surface area contributed by atoms with Crippen molar-refractivity contribution in [1.29, 1.82) is 0 Å². The van der Waals surface area contributed by atoms with Crippen molar-refractivity contribution in [2.24, 2.45) is 0 Å². The molecule has 2 aromatic carbocycles. The van der Waals surface area contributed by atoms with Crippen LogP contribution in [0.2, 0.25) is 0 Å². The summed E-state index contributed by atoms with van der Waals surface area (Å²) in [5.74, 6) is 1.06. The molecule has 5 rings (SSSR count). The molecule has 0 bridgehead atoms. The van der Waals surface area contributed by atoms with Gasteiger partial charge in [0.2, 0.25) is 0 Å². The second-order valence-electron chi connectivity index (χ2n) is 8.11. The second-order valence-corrected chi connectivity index (χ2v) is 8.11. The van der Waals surface area contributed by atoms with Gasteiger partial charge in [0.15, 0.2) is 0 Å². The molecule has 0 unspecified atom stereocenters. The lowest BCUT2D eigenvalue weighted by Crippen LogP contribution is -2.47. The van der Waals surface area contributed by atoms with Crippen LogP contribution in [-0.2, 0) is 12.8 Å². The molecule has 2 aliphatic rings. The highest BCUT2D eigenvalue weighted by atomic mass is 15.3. The van der Waals surface area contributed by atoms with Crippen molar-refractivity contribution >= 4 is 22.3 Å². The first-order chi connectivity index (χ1) is 14.4. The molecule has 0 saturated carbocycles. The molecule has 3 aromatic rings. The molecular formula is C24H29N5. The smallest absolute Gasteiger partial charge is 0.132 e. The van der Waals surface area contributed by atoms with Gasteiger partial charge in [-0.25, -0.2) is 9.97 Å². The van der Waals surface area contributed by atoms with Crippen molar-refractivity contribution in [3.63, 3.8) is 0 Å². The number of rotatable bonds is 5. The number of hydrogen-bond acceptors (Lipinski definition) is 5. The van der Waals surface area contributed by atoms with E-state index in [2.05, 4.69) is 67.5 Å². The van der Waals surface area contributed by atoms with Crippen molar-refractivity contribution in [2.45, 2.75) is 25.7 Å². The summed E-state index contributed by atoms with van der Waals surface area (Å²) < 4.78 is 0. The third-order valence-electron chi connectivity index (χ3n) is 6.33. The van der Waals surface area contributed by atoms with Crippen LogP contribution in [0.4, 0.5) is 11.5 Å². The Hall–Kier alpha value is -2.66.